The summed E-state index contributed by atoms with van der Waals surface area (Å²) in [5.41, 5.74) is 0.891. The van der Waals surface area contributed by atoms with Gasteiger partial charge in [0.25, 0.3) is 5.91 Å². The number of benzene rings is 2. The zero-order chi connectivity index (χ0) is 15.2. The zero-order valence-corrected chi connectivity index (χ0v) is 14.4. The second kappa shape index (κ2) is 7.66. The van der Waals surface area contributed by atoms with E-state index in [1.807, 2.05) is 55.5 Å². The lowest BCUT2D eigenvalue weighted by molar-refractivity contribution is -0.123. The van der Waals surface area contributed by atoms with Gasteiger partial charge in [0.1, 0.15) is 5.75 Å². The van der Waals surface area contributed by atoms with Crippen molar-refractivity contribution in [1.82, 2.24) is 5.32 Å². The van der Waals surface area contributed by atoms with E-state index in [4.69, 9.17) is 16.3 Å². The van der Waals surface area contributed by atoms with Crippen molar-refractivity contribution in [3.8, 4) is 5.75 Å². The van der Waals surface area contributed by atoms with Crippen LogP contribution in [-0.2, 0) is 4.79 Å². The van der Waals surface area contributed by atoms with Crippen LogP contribution in [0, 0.1) is 3.57 Å². The number of halogens is 2. The minimum Gasteiger partial charge on any atom is -0.484 e. The molecule has 0 saturated heterocycles. The second-order valence-corrected chi connectivity index (χ2v) is 6.21. The van der Waals surface area contributed by atoms with Gasteiger partial charge < -0.3 is 10.1 Å². The summed E-state index contributed by atoms with van der Waals surface area (Å²) < 4.78 is 6.53. The molecule has 1 N–H and O–H groups in total. The van der Waals surface area contributed by atoms with Crippen molar-refractivity contribution in [2.24, 2.45) is 0 Å². The average molecular weight is 416 g/mol. The molecule has 1 unspecified atom stereocenters. The lowest BCUT2D eigenvalue weighted by Gasteiger charge is -2.16. The maximum atomic E-state index is 11.9. The van der Waals surface area contributed by atoms with E-state index in [9.17, 15) is 4.79 Å². The van der Waals surface area contributed by atoms with Crippen LogP contribution in [0.1, 0.15) is 18.5 Å². The van der Waals surface area contributed by atoms with Crippen LogP contribution >= 0.6 is 34.2 Å². The minimum atomic E-state index is -0.179. The molecule has 0 aliphatic heterocycles. The normalized spacial score (nSPS) is 11.8. The molecule has 1 amide bonds. The summed E-state index contributed by atoms with van der Waals surface area (Å²) in [7, 11) is 0. The van der Waals surface area contributed by atoms with Gasteiger partial charge in [0.2, 0.25) is 0 Å². The molecule has 0 aliphatic carbocycles. The zero-order valence-electron chi connectivity index (χ0n) is 11.5. The molecular formula is C16H15ClINO2. The lowest BCUT2D eigenvalue weighted by Crippen LogP contribution is -2.31. The van der Waals surface area contributed by atoms with E-state index in [0.717, 1.165) is 9.13 Å². The number of amides is 1. The van der Waals surface area contributed by atoms with Crippen molar-refractivity contribution in [3.63, 3.8) is 0 Å². The third-order valence-corrected chi connectivity index (χ3v) is 3.93. The molecule has 2 aromatic carbocycles. The highest BCUT2D eigenvalue weighted by molar-refractivity contribution is 14.1. The highest BCUT2D eigenvalue weighted by Gasteiger charge is 2.12. The Morgan fingerprint density at radius 1 is 1.29 bits per heavy atom. The van der Waals surface area contributed by atoms with Crippen LogP contribution in [0.5, 0.6) is 5.75 Å². The van der Waals surface area contributed by atoms with Gasteiger partial charge in [-0.1, -0.05) is 35.9 Å². The van der Waals surface area contributed by atoms with Crippen LogP contribution in [0.25, 0.3) is 0 Å². The molecule has 2 rings (SSSR count). The highest BCUT2D eigenvalue weighted by atomic mass is 127. The maximum Gasteiger partial charge on any atom is 0.258 e. The number of carbonyl (C=O) groups is 1. The SMILES string of the molecule is CC(NC(=O)COc1cccc(I)c1)c1ccccc1Cl. The van der Waals surface area contributed by atoms with E-state index in [1.54, 1.807) is 0 Å². The first-order chi connectivity index (χ1) is 10.1. The van der Waals surface area contributed by atoms with Gasteiger partial charge in [-0.15, -0.1) is 0 Å². The number of ether oxygens (including phenoxy) is 1. The van der Waals surface area contributed by atoms with Gasteiger partial charge in [0.05, 0.1) is 6.04 Å². The number of hydrogen-bond acceptors (Lipinski definition) is 2. The molecule has 1 atom stereocenters. The Morgan fingerprint density at radius 3 is 2.76 bits per heavy atom. The van der Waals surface area contributed by atoms with Crippen molar-refractivity contribution in [2.45, 2.75) is 13.0 Å². The summed E-state index contributed by atoms with van der Waals surface area (Å²) in [4.78, 5) is 11.9. The summed E-state index contributed by atoms with van der Waals surface area (Å²) >= 11 is 8.31. The van der Waals surface area contributed by atoms with Crippen molar-refractivity contribution in [2.75, 3.05) is 6.61 Å². The summed E-state index contributed by atoms with van der Waals surface area (Å²) in [6, 6.07) is 14.9. The van der Waals surface area contributed by atoms with Gasteiger partial charge in [-0.05, 0) is 59.3 Å². The molecule has 0 bridgehead atoms. The van der Waals surface area contributed by atoms with Crippen LogP contribution < -0.4 is 10.1 Å². The van der Waals surface area contributed by atoms with Crippen molar-refractivity contribution in [1.29, 1.82) is 0 Å². The number of rotatable bonds is 5. The first-order valence-electron chi connectivity index (χ1n) is 6.48. The highest BCUT2D eigenvalue weighted by Crippen LogP contribution is 2.22. The topological polar surface area (TPSA) is 38.3 Å². The predicted molar refractivity (Wildman–Crippen MR) is 92.7 cm³/mol. The van der Waals surface area contributed by atoms with Crippen LogP contribution in [0.4, 0.5) is 0 Å². The Bertz CT molecular complexity index is 633. The standard InChI is InChI=1S/C16H15ClINO2/c1-11(14-7-2-3-8-15(14)17)19-16(20)10-21-13-6-4-5-12(18)9-13/h2-9,11H,10H2,1H3,(H,19,20). The fourth-order valence-electron chi connectivity index (χ4n) is 1.89. The molecule has 0 spiro atoms. The van der Waals surface area contributed by atoms with Crippen LogP contribution in [0.2, 0.25) is 5.02 Å². The molecule has 0 aliphatic rings. The summed E-state index contributed by atoms with van der Waals surface area (Å²) in [6.07, 6.45) is 0. The van der Waals surface area contributed by atoms with Crippen LogP contribution in [-0.4, -0.2) is 12.5 Å². The minimum absolute atomic E-state index is 0.0190. The van der Waals surface area contributed by atoms with Crippen molar-refractivity contribution >= 4 is 40.1 Å². The molecule has 0 saturated carbocycles. The Balaban J connectivity index is 1.89. The third kappa shape index (κ3) is 4.89. The fourth-order valence-corrected chi connectivity index (χ4v) is 2.71. The molecule has 0 radical (unpaired) electrons. The van der Waals surface area contributed by atoms with Crippen molar-refractivity contribution < 1.29 is 9.53 Å². The Labute approximate surface area is 142 Å². The Kier molecular flexibility index (Phi) is 5.87. The monoisotopic (exact) mass is 415 g/mol. The number of nitrogens with one attached hydrogen (secondary N) is 1. The largest absolute Gasteiger partial charge is 0.484 e. The average Bonchev–Trinajstić information content (AvgIpc) is 2.45. The fraction of sp³-hybridized carbons (Fsp3) is 0.188. The summed E-state index contributed by atoms with van der Waals surface area (Å²) in [5.74, 6) is 0.503. The van der Waals surface area contributed by atoms with Crippen LogP contribution in [0.3, 0.4) is 0 Å². The molecule has 21 heavy (non-hydrogen) atoms. The van der Waals surface area contributed by atoms with E-state index >= 15 is 0 Å². The van der Waals surface area contributed by atoms with Gasteiger partial charge in [-0.25, -0.2) is 0 Å². The van der Waals surface area contributed by atoms with E-state index in [-0.39, 0.29) is 18.6 Å². The molecule has 0 fully saturated rings. The first kappa shape index (κ1) is 16.1. The molecule has 3 nitrogen and oxygen atoms in total. The predicted octanol–water partition coefficient (Wildman–Crippen LogP) is 4.20. The van der Waals surface area contributed by atoms with E-state index < -0.39 is 0 Å². The summed E-state index contributed by atoms with van der Waals surface area (Å²) in [5, 5.41) is 3.51. The molecule has 2 aromatic rings. The van der Waals surface area contributed by atoms with E-state index in [1.165, 1.54) is 0 Å². The maximum absolute atomic E-state index is 11.9. The first-order valence-corrected chi connectivity index (χ1v) is 7.94. The second-order valence-electron chi connectivity index (χ2n) is 4.56. The molecular weight excluding hydrogens is 401 g/mol. The van der Waals surface area contributed by atoms with Gasteiger partial charge in [-0.2, -0.15) is 0 Å². The summed E-state index contributed by atoms with van der Waals surface area (Å²) in [6.45, 7) is 1.87. The smallest absolute Gasteiger partial charge is 0.258 e. The van der Waals surface area contributed by atoms with Crippen LogP contribution in [0.15, 0.2) is 48.5 Å². The lowest BCUT2D eigenvalue weighted by atomic mass is 10.1. The number of hydrogen-bond donors (Lipinski definition) is 1. The quantitative estimate of drug-likeness (QED) is 0.743. The Morgan fingerprint density at radius 2 is 2.05 bits per heavy atom. The molecule has 0 aromatic heterocycles. The van der Waals surface area contributed by atoms with Crippen molar-refractivity contribution in [3.05, 3.63) is 62.7 Å². The third-order valence-electron chi connectivity index (χ3n) is 2.92. The number of carbonyl (C=O) groups excluding carboxylic acids is 1. The van der Waals surface area contributed by atoms with Gasteiger partial charge in [0.15, 0.2) is 6.61 Å². The molecule has 110 valence electrons. The van der Waals surface area contributed by atoms with Gasteiger partial charge >= 0.3 is 0 Å². The molecule has 5 heteroatoms. The Hall–Kier alpha value is -1.27. The van der Waals surface area contributed by atoms with Gasteiger partial charge in [0, 0.05) is 8.59 Å². The molecule has 0 heterocycles. The van der Waals surface area contributed by atoms with E-state index in [0.29, 0.717) is 10.8 Å². The van der Waals surface area contributed by atoms with E-state index in [2.05, 4.69) is 27.9 Å². The van der Waals surface area contributed by atoms with Gasteiger partial charge in [-0.3, -0.25) is 4.79 Å².